The molecule has 0 aliphatic heterocycles. The smallest absolute Gasteiger partial charge is 0.328 e. The standard InChI is InChI=1S/C7H12N2O6/c10-3-4(6(13)14)9-7(15)8-2-1-5(11)12/h4,10H,1-3H2,(H,11,12)(H,13,14)(H2,8,9,15)/t4-/m0/s1. The second-order valence-electron chi connectivity index (χ2n) is 2.62. The van der Waals surface area contributed by atoms with Gasteiger partial charge in [-0.25, -0.2) is 9.59 Å². The highest BCUT2D eigenvalue weighted by atomic mass is 16.4. The molecular weight excluding hydrogens is 208 g/mol. The first kappa shape index (κ1) is 13.2. The minimum absolute atomic E-state index is 0.112. The maximum atomic E-state index is 10.9. The van der Waals surface area contributed by atoms with Crippen LogP contribution >= 0.6 is 0 Å². The molecule has 0 aromatic rings. The van der Waals surface area contributed by atoms with Gasteiger partial charge in [-0.2, -0.15) is 0 Å². The van der Waals surface area contributed by atoms with Gasteiger partial charge in [0.1, 0.15) is 0 Å². The lowest BCUT2D eigenvalue weighted by Crippen LogP contribution is -2.48. The first-order valence-electron chi connectivity index (χ1n) is 4.07. The van der Waals surface area contributed by atoms with Crippen molar-refractivity contribution in [2.45, 2.75) is 12.5 Å². The molecule has 0 radical (unpaired) electrons. The van der Waals surface area contributed by atoms with Crippen molar-refractivity contribution in [3.05, 3.63) is 0 Å². The zero-order chi connectivity index (χ0) is 11.8. The summed E-state index contributed by atoms with van der Waals surface area (Å²) >= 11 is 0. The second-order valence-corrected chi connectivity index (χ2v) is 2.62. The molecule has 2 amide bonds. The highest BCUT2D eigenvalue weighted by Gasteiger charge is 2.18. The molecule has 0 heterocycles. The molecule has 0 spiro atoms. The Labute approximate surface area is 84.9 Å². The van der Waals surface area contributed by atoms with E-state index in [2.05, 4.69) is 5.32 Å². The molecule has 0 unspecified atom stereocenters. The van der Waals surface area contributed by atoms with Crippen molar-refractivity contribution in [2.75, 3.05) is 13.2 Å². The molecule has 0 saturated heterocycles. The number of carbonyl (C=O) groups excluding carboxylic acids is 1. The van der Waals surface area contributed by atoms with Crippen LogP contribution in [0.15, 0.2) is 0 Å². The van der Waals surface area contributed by atoms with Gasteiger partial charge in [0.25, 0.3) is 0 Å². The molecular formula is C7H12N2O6. The number of aliphatic hydroxyl groups is 1. The predicted octanol–water partition coefficient (Wildman–Crippen LogP) is -1.79. The van der Waals surface area contributed by atoms with Gasteiger partial charge in [0.2, 0.25) is 0 Å². The number of carboxylic acid groups (broad SMARTS) is 2. The van der Waals surface area contributed by atoms with E-state index in [0.717, 1.165) is 0 Å². The number of urea groups is 1. The van der Waals surface area contributed by atoms with E-state index in [1.165, 1.54) is 0 Å². The normalized spacial score (nSPS) is 11.5. The molecule has 8 heteroatoms. The first-order valence-corrected chi connectivity index (χ1v) is 4.07. The van der Waals surface area contributed by atoms with Crippen LogP contribution in [0.1, 0.15) is 6.42 Å². The van der Waals surface area contributed by atoms with Gasteiger partial charge in [0.15, 0.2) is 6.04 Å². The Kier molecular flexibility index (Phi) is 5.79. The van der Waals surface area contributed by atoms with E-state index in [0.29, 0.717) is 0 Å². The summed E-state index contributed by atoms with van der Waals surface area (Å²) in [5, 5.41) is 29.3. The van der Waals surface area contributed by atoms with E-state index >= 15 is 0 Å². The molecule has 0 saturated carbocycles. The number of hydrogen-bond acceptors (Lipinski definition) is 4. The zero-order valence-electron chi connectivity index (χ0n) is 7.77. The summed E-state index contributed by atoms with van der Waals surface area (Å²) in [6, 6.07) is -2.23. The highest BCUT2D eigenvalue weighted by Crippen LogP contribution is 1.82. The number of nitrogens with one attached hydrogen (secondary N) is 2. The van der Waals surface area contributed by atoms with E-state index in [-0.39, 0.29) is 13.0 Å². The van der Waals surface area contributed by atoms with E-state index in [1.54, 1.807) is 0 Å². The topological polar surface area (TPSA) is 136 Å². The van der Waals surface area contributed by atoms with Crippen LogP contribution in [0.4, 0.5) is 4.79 Å². The third kappa shape index (κ3) is 6.27. The van der Waals surface area contributed by atoms with Gasteiger partial charge in [-0.3, -0.25) is 4.79 Å². The van der Waals surface area contributed by atoms with Crippen LogP contribution in [0.5, 0.6) is 0 Å². The van der Waals surface area contributed by atoms with Gasteiger partial charge in [-0.1, -0.05) is 0 Å². The molecule has 8 nitrogen and oxygen atoms in total. The number of aliphatic hydroxyl groups excluding tert-OH is 1. The molecule has 15 heavy (non-hydrogen) atoms. The van der Waals surface area contributed by atoms with Crippen molar-refractivity contribution < 1.29 is 29.7 Å². The summed E-state index contributed by atoms with van der Waals surface area (Å²) in [7, 11) is 0. The van der Waals surface area contributed by atoms with Gasteiger partial charge in [-0.05, 0) is 0 Å². The molecule has 0 fully saturated rings. The lowest BCUT2D eigenvalue weighted by atomic mass is 10.3. The average molecular weight is 220 g/mol. The Morgan fingerprint density at radius 3 is 2.20 bits per heavy atom. The first-order chi connectivity index (χ1) is 6.97. The van der Waals surface area contributed by atoms with Crippen LogP contribution in [-0.4, -0.2) is 52.5 Å². The van der Waals surface area contributed by atoms with Crippen LogP contribution in [-0.2, 0) is 9.59 Å². The summed E-state index contributed by atoms with van der Waals surface area (Å²) < 4.78 is 0. The van der Waals surface area contributed by atoms with E-state index in [1.807, 2.05) is 5.32 Å². The maximum absolute atomic E-state index is 10.9. The van der Waals surface area contributed by atoms with Crippen molar-refractivity contribution in [3.8, 4) is 0 Å². The molecule has 0 rings (SSSR count). The second kappa shape index (κ2) is 6.60. The van der Waals surface area contributed by atoms with Crippen molar-refractivity contribution in [3.63, 3.8) is 0 Å². The Balaban J connectivity index is 3.81. The molecule has 0 bridgehead atoms. The Bertz CT molecular complexity index is 254. The Morgan fingerprint density at radius 1 is 1.20 bits per heavy atom. The number of rotatable bonds is 6. The van der Waals surface area contributed by atoms with Crippen LogP contribution in [0.25, 0.3) is 0 Å². The Morgan fingerprint density at radius 2 is 1.80 bits per heavy atom. The van der Waals surface area contributed by atoms with Crippen LogP contribution in [0.3, 0.4) is 0 Å². The summed E-state index contributed by atoms with van der Waals surface area (Å²) in [4.78, 5) is 31.3. The number of aliphatic carboxylic acids is 2. The summed E-state index contributed by atoms with van der Waals surface area (Å²) in [5.41, 5.74) is 0. The van der Waals surface area contributed by atoms with E-state index in [9.17, 15) is 14.4 Å². The molecule has 1 atom stereocenters. The number of carboxylic acids is 2. The quantitative estimate of drug-likeness (QED) is 0.358. The number of hydrogen-bond donors (Lipinski definition) is 5. The van der Waals surface area contributed by atoms with Gasteiger partial charge in [-0.15, -0.1) is 0 Å². The number of carbonyl (C=O) groups is 3. The molecule has 5 N–H and O–H groups in total. The molecule has 0 aliphatic carbocycles. The highest BCUT2D eigenvalue weighted by molar-refractivity contribution is 5.82. The monoisotopic (exact) mass is 220 g/mol. The number of amides is 2. The molecule has 0 aromatic carbocycles. The van der Waals surface area contributed by atoms with Crippen molar-refractivity contribution in [2.24, 2.45) is 0 Å². The lowest BCUT2D eigenvalue weighted by molar-refractivity contribution is -0.140. The van der Waals surface area contributed by atoms with Crippen LogP contribution in [0, 0.1) is 0 Å². The molecule has 0 aliphatic rings. The molecule has 0 aromatic heterocycles. The fourth-order valence-corrected chi connectivity index (χ4v) is 0.678. The summed E-state index contributed by atoms with van der Waals surface area (Å²) in [5.74, 6) is -2.45. The minimum Gasteiger partial charge on any atom is -0.481 e. The lowest BCUT2D eigenvalue weighted by Gasteiger charge is -2.11. The van der Waals surface area contributed by atoms with Gasteiger partial charge in [0.05, 0.1) is 13.0 Å². The van der Waals surface area contributed by atoms with Gasteiger partial charge < -0.3 is 26.0 Å². The summed E-state index contributed by atoms with van der Waals surface area (Å²) in [6.45, 7) is -0.847. The van der Waals surface area contributed by atoms with Crippen molar-refractivity contribution in [1.82, 2.24) is 10.6 Å². The predicted molar refractivity (Wildman–Crippen MR) is 47.3 cm³/mol. The van der Waals surface area contributed by atoms with Crippen LogP contribution < -0.4 is 10.6 Å². The third-order valence-corrected chi connectivity index (χ3v) is 1.41. The SMILES string of the molecule is O=C(O)CCNC(=O)N[C@@H](CO)C(=O)O. The average Bonchev–Trinajstić information content (AvgIpc) is 2.13. The van der Waals surface area contributed by atoms with Gasteiger partial charge in [0, 0.05) is 6.54 Å². The fraction of sp³-hybridized carbons (Fsp3) is 0.571. The maximum Gasteiger partial charge on any atom is 0.328 e. The molecule has 86 valence electrons. The Hall–Kier alpha value is -1.83. The van der Waals surface area contributed by atoms with Crippen molar-refractivity contribution in [1.29, 1.82) is 0 Å². The van der Waals surface area contributed by atoms with Crippen molar-refractivity contribution >= 4 is 18.0 Å². The zero-order valence-corrected chi connectivity index (χ0v) is 7.77. The fourth-order valence-electron chi connectivity index (χ4n) is 0.678. The third-order valence-electron chi connectivity index (χ3n) is 1.41. The van der Waals surface area contributed by atoms with E-state index < -0.39 is 30.6 Å². The minimum atomic E-state index is -1.39. The summed E-state index contributed by atoms with van der Waals surface area (Å²) in [6.07, 6.45) is -0.260. The largest absolute Gasteiger partial charge is 0.481 e. The van der Waals surface area contributed by atoms with Crippen LogP contribution in [0.2, 0.25) is 0 Å². The van der Waals surface area contributed by atoms with E-state index in [4.69, 9.17) is 15.3 Å². The van der Waals surface area contributed by atoms with Gasteiger partial charge >= 0.3 is 18.0 Å².